The van der Waals surface area contributed by atoms with Gasteiger partial charge in [0.1, 0.15) is 60.6 Å². The molecule has 2 aromatic heterocycles. The van der Waals surface area contributed by atoms with Crippen molar-refractivity contribution < 1.29 is 68.1 Å². The van der Waals surface area contributed by atoms with Crippen molar-refractivity contribution >= 4 is 81.9 Å². The minimum atomic E-state index is -1.76. The van der Waals surface area contributed by atoms with Crippen LogP contribution in [0.1, 0.15) is 75.6 Å². The number of likely N-dealkylation sites (tertiary alicyclic amines) is 1. The van der Waals surface area contributed by atoms with Gasteiger partial charge in [0.05, 0.1) is 25.2 Å². The Morgan fingerprint density at radius 3 is 2.05 bits per heavy atom. The number of aromatic amines is 2. The normalized spacial score (nSPS) is 16.8. The molecule has 0 aliphatic carbocycles. The number of guanidine groups is 1. The number of para-hydroxylation sites is 1. The zero-order valence-corrected chi connectivity index (χ0v) is 47.0. The van der Waals surface area contributed by atoms with E-state index in [9.17, 15) is 63.0 Å². The number of aromatic nitrogens is 3. The number of rotatable bonds is 31. The smallest absolute Gasteiger partial charge is 0.322 e. The lowest BCUT2D eigenvalue weighted by Crippen LogP contribution is -2.60. The van der Waals surface area contributed by atoms with Crippen LogP contribution < -0.4 is 58.9 Å². The van der Waals surface area contributed by atoms with E-state index in [0.29, 0.717) is 34.1 Å². The van der Waals surface area contributed by atoms with Crippen LogP contribution >= 0.6 is 0 Å². The molecule has 30 heteroatoms. The maximum atomic E-state index is 14.4. The fourth-order valence-electron chi connectivity index (χ4n) is 9.80. The number of nitrogens with zero attached hydrogens (tertiary/aromatic N) is 2. The Balaban J connectivity index is 1.16. The van der Waals surface area contributed by atoms with Gasteiger partial charge < -0.3 is 89.1 Å². The van der Waals surface area contributed by atoms with Gasteiger partial charge in [-0.3, -0.25) is 58.1 Å². The molecule has 2 saturated heterocycles. The quantitative estimate of drug-likeness (QED) is 0.0132. The molecule has 18 N–H and O–H groups in total. The minimum absolute atomic E-state index is 0.00104. The fourth-order valence-corrected chi connectivity index (χ4v) is 9.80. The van der Waals surface area contributed by atoms with Crippen LogP contribution in [0.5, 0.6) is 5.75 Å². The summed E-state index contributed by atoms with van der Waals surface area (Å²) < 4.78 is 0. The Labute approximate surface area is 487 Å². The van der Waals surface area contributed by atoms with Crippen molar-refractivity contribution in [2.75, 3.05) is 32.8 Å². The van der Waals surface area contributed by atoms with E-state index in [1.807, 2.05) is 0 Å². The van der Waals surface area contributed by atoms with E-state index in [0.717, 1.165) is 0 Å². The zero-order valence-electron chi connectivity index (χ0n) is 47.0. The van der Waals surface area contributed by atoms with E-state index in [-0.39, 0.29) is 94.4 Å². The molecule has 0 saturated carbocycles. The number of nitrogens with two attached hydrogens (primary N) is 1. The molecule has 2 aliphatic rings. The average Bonchev–Trinajstić information content (AvgIpc) is 4.32. The van der Waals surface area contributed by atoms with Gasteiger partial charge in [0.2, 0.25) is 59.1 Å². The first-order chi connectivity index (χ1) is 40.6. The van der Waals surface area contributed by atoms with Crippen molar-refractivity contribution in [1.29, 1.82) is 5.41 Å². The SMILES string of the molecule is CC(C)C[C@H](NC(=O)CNC(=O)[C@H](Cc1ccc(O)cc1)NC(=O)[C@H](CO)NC(=O)[C@H](Cc1c[nH]c2ccccc12)NC(=O)[C@H](Cc1c[nH]cn1)NC(=O)[C@@H]1CCC(=O)N1)C(=O)N[C@@H](CCCNC(=N)N)C(=O)N1CCC[C@H]1C(=O)NCC(=O)O. The molecule has 6 rings (SSSR count). The molecule has 8 atom stereocenters. The number of H-pyrrole nitrogens is 2. The molecule has 0 unspecified atom stereocenters. The summed E-state index contributed by atoms with van der Waals surface area (Å²) in [6.45, 7) is 1.37. The lowest BCUT2D eigenvalue weighted by atomic mass is 10.0. The molecule has 30 nitrogen and oxygen atoms in total. The number of hydrogen-bond acceptors (Lipinski definition) is 15. The highest BCUT2D eigenvalue weighted by Gasteiger charge is 2.39. The number of imidazole rings is 1. The van der Waals surface area contributed by atoms with Gasteiger partial charge in [0, 0.05) is 62.1 Å². The number of amides is 10. The van der Waals surface area contributed by atoms with Crippen molar-refractivity contribution in [3.05, 3.63) is 84.1 Å². The Kier molecular flexibility index (Phi) is 23.7. The highest BCUT2D eigenvalue weighted by atomic mass is 16.4. The van der Waals surface area contributed by atoms with Crippen molar-refractivity contribution in [2.45, 2.75) is 126 Å². The molecular weight excluding hydrogens is 1110 g/mol. The summed E-state index contributed by atoms with van der Waals surface area (Å²) in [5, 5.41) is 63.5. The van der Waals surface area contributed by atoms with Crippen molar-refractivity contribution in [1.82, 2.24) is 73.0 Å². The number of carboxylic acids is 1. The van der Waals surface area contributed by atoms with Gasteiger partial charge in [-0.1, -0.05) is 44.2 Å². The fraction of sp³-hybridized carbons (Fsp3) is 0.473. The van der Waals surface area contributed by atoms with Crippen molar-refractivity contribution in [3.8, 4) is 5.75 Å². The summed E-state index contributed by atoms with van der Waals surface area (Å²) in [5.74, 6) is -9.71. The topological polar surface area (TPSA) is 466 Å². The van der Waals surface area contributed by atoms with Gasteiger partial charge in [0.15, 0.2) is 5.96 Å². The van der Waals surface area contributed by atoms with Crippen LogP contribution in [0.25, 0.3) is 10.9 Å². The number of carboxylic acid groups (broad SMARTS) is 1. The van der Waals surface area contributed by atoms with Gasteiger partial charge in [-0.15, -0.1) is 0 Å². The van der Waals surface area contributed by atoms with E-state index >= 15 is 0 Å². The summed E-state index contributed by atoms with van der Waals surface area (Å²) >= 11 is 0. The minimum Gasteiger partial charge on any atom is -0.508 e. The molecule has 2 aromatic carbocycles. The lowest BCUT2D eigenvalue weighted by molar-refractivity contribution is -0.143. The van der Waals surface area contributed by atoms with Gasteiger partial charge in [-0.2, -0.15) is 0 Å². The van der Waals surface area contributed by atoms with Crippen LogP contribution in [0, 0.1) is 11.3 Å². The monoisotopic (exact) mass is 1180 g/mol. The van der Waals surface area contributed by atoms with Gasteiger partial charge in [-0.25, -0.2) is 4.98 Å². The number of hydrogen-bond donors (Lipinski definition) is 17. The lowest BCUT2D eigenvalue weighted by Gasteiger charge is -2.30. The van der Waals surface area contributed by atoms with Crippen LogP contribution in [0.4, 0.5) is 0 Å². The third-order valence-electron chi connectivity index (χ3n) is 14.1. The summed E-state index contributed by atoms with van der Waals surface area (Å²) in [7, 11) is 0. The standard InChI is InChI=1S/C55H74N16O14/c1-29(2)19-38(49(80)66-37(9-5-17-59-55(56)57)54(85)71-18-6-10-43(71)53(84)62-26-46(76)77)65-45(75)25-61-47(78)39(20-30-11-13-33(73)14-12-30)67-52(83)42(27-72)70-50(81)40(21-31-23-60-35-8-4-3-7-34(31)35)68-51(82)41(22-32-24-58-28-63-32)69-48(79)36-15-16-44(74)64-36/h3-4,7-8,11-14,23-24,28-29,36-43,60,72-73H,5-6,9-10,15-22,25-27H2,1-2H3,(H,58,63)(H,61,78)(H,62,84)(H,64,74)(H,65,75)(H,66,80)(H,67,83)(H,68,82)(H,69,79)(H,70,81)(H,76,77)(H4,56,57,59)/t36-,37-,38-,39-,40-,41-,42-,43-/m0/s1. The Morgan fingerprint density at radius 1 is 0.741 bits per heavy atom. The van der Waals surface area contributed by atoms with Crippen molar-refractivity contribution in [2.24, 2.45) is 11.7 Å². The van der Waals surface area contributed by atoms with Crippen molar-refractivity contribution in [3.63, 3.8) is 0 Å². The first-order valence-corrected chi connectivity index (χ1v) is 27.8. The molecule has 458 valence electrons. The largest absolute Gasteiger partial charge is 0.508 e. The first kappa shape index (κ1) is 64.6. The molecule has 4 aromatic rings. The predicted molar refractivity (Wildman–Crippen MR) is 303 cm³/mol. The van der Waals surface area contributed by atoms with Crippen LogP contribution in [-0.4, -0.2) is 187 Å². The maximum absolute atomic E-state index is 14.4. The number of carbonyl (C=O) groups is 11. The van der Waals surface area contributed by atoms with Crippen LogP contribution in [0.15, 0.2) is 67.3 Å². The molecule has 0 radical (unpaired) electrons. The molecule has 0 spiro atoms. The average molecular weight is 1180 g/mol. The number of nitrogens with one attached hydrogen (secondary N) is 13. The molecule has 2 aliphatic heterocycles. The summed E-state index contributed by atoms with van der Waals surface area (Å²) in [5.41, 5.74) is 7.49. The highest BCUT2D eigenvalue weighted by Crippen LogP contribution is 2.22. The second kappa shape index (κ2) is 31.2. The third kappa shape index (κ3) is 19.5. The third-order valence-corrected chi connectivity index (χ3v) is 14.1. The Morgan fingerprint density at radius 2 is 1.40 bits per heavy atom. The highest BCUT2D eigenvalue weighted by molar-refractivity contribution is 5.99. The number of phenols is 1. The van der Waals surface area contributed by atoms with E-state index in [1.165, 1.54) is 41.7 Å². The first-order valence-electron chi connectivity index (χ1n) is 27.8. The van der Waals surface area contributed by atoms with E-state index in [1.54, 1.807) is 44.3 Å². The van der Waals surface area contributed by atoms with E-state index < -0.39 is 127 Å². The predicted octanol–water partition coefficient (Wildman–Crippen LogP) is -3.58. The van der Waals surface area contributed by atoms with Gasteiger partial charge in [0.25, 0.3) is 0 Å². The molecule has 0 bridgehead atoms. The molecule has 85 heavy (non-hydrogen) atoms. The van der Waals surface area contributed by atoms with E-state index in [4.69, 9.17) is 16.2 Å². The number of aliphatic hydroxyl groups is 1. The number of aliphatic hydroxyl groups excluding tert-OH is 1. The van der Waals surface area contributed by atoms with Gasteiger partial charge in [-0.05, 0) is 73.8 Å². The van der Waals surface area contributed by atoms with Crippen LogP contribution in [0.2, 0.25) is 0 Å². The zero-order chi connectivity index (χ0) is 61.7. The van der Waals surface area contributed by atoms with Crippen LogP contribution in [-0.2, 0) is 72.0 Å². The number of phenolic OH excluding ortho intramolecular Hbond substituents is 1. The second-order valence-electron chi connectivity index (χ2n) is 21.1. The Hall–Kier alpha value is -9.61. The summed E-state index contributed by atoms with van der Waals surface area (Å²) in [6.07, 6.45) is 5.15. The number of aromatic hydroxyl groups is 1. The molecule has 10 amide bonds. The van der Waals surface area contributed by atoms with Gasteiger partial charge >= 0.3 is 5.97 Å². The second-order valence-corrected chi connectivity index (χ2v) is 21.1. The number of fused-ring (bicyclic) bond motifs is 1. The molecule has 4 heterocycles. The molecule has 2 fully saturated rings. The number of benzene rings is 2. The Bertz CT molecular complexity index is 3040. The number of aliphatic carboxylic acids is 1. The molecular formula is C55H74N16O14. The summed E-state index contributed by atoms with van der Waals surface area (Å²) in [6, 6.07) is 2.19. The maximum Gasteiger partial charge on any atom is 0.322 e. The number of carbonyl (C=O) groups excluding carboxylic acids is 10. The van der Waals surface area contributed by atoms with Crippen LogP contribution in [0.3, 0.4) is 0 Å². The summed E-state index contributed by atoms with van der Waals surface area (Å²) in [4.78, 5) is 160. The van der Waals surface area contributed by atoms with E-state index in [2.05, 4.69) is 68.1 Å².